The highest BCUT2D eigenvalue weighted by atomic mass is 35.5. The standard InChI is InChI=1S/C26H56N2O3Si.ClH/c1-7-8-9-10-11-12-13-14-15-16-17-18-19-20-21-22-23-26(27,24-25(2,3)32)28(29-4,30-5)31-6;/h7-24,27H2,1-6H3;1H/q+1;/p-1. The molecule has 1 atom stereocenters. The van der Waals surface area contributed by atoms with Crippen LogP contribution < -0.4 is 18.1 Å². The number of unbranched alkanes of at least 4 members (excludes halogenated alkanes) is 15. The van der Waals surface area contributed by atoms with Crippen molar-refractivity contribution in [3.8, 4) is 0 Å². The minimum Gasteiger partial charge on any atom is -1.00 e. The second-order valence-corrected chi connectivity index (χ2v) is 11.6. The van der Waals surface area contributed by atoms with Crippen molar-refractivity contribution in [1.29, 1.82) is 0 Å². The number of hydrogen-bond donors (Lipinski definition) is 1. The van der Waals surface area contributed by atoms with Crippen LogP contribution in [0.15, 0.2) is 0 Å². The lowest BCUT2D eigenvalue weighted by Crippen LogP contribution is -3.00. The van der Waals surface area contributed by atoms with Crippen LogP contribution in [0.4, 0.5) is 0 Å². The van der Waals surface area contributed by atoms with E-state index in [1.54, 1.807) is 21.3 Å². The molecule has 0 rings (SSSR count). The van der Waals surface area contributed by atoms with Gasteiger partial charge in [-0.3, -0.25) is 5.73 Å². The number of hydroxylamine groups is 3. The predicted molar refractivity (Wildman–Crippen MR) is 137 cm³/mol. The highest BCUT2D eigenvalue weighted by Crippen LogP contribution is 2.39. The van der Waals surface area contributed by atoms with E-state index in [1.165, 1.54) is 96.3 Å². The molecule has 0 aliphatic heterocycles. The Morgan fingerprint density at radius 1 is 0.636 bits per heavy atom. The first-order chi connectivity index (χ1) is 15.2. The summed E-state index contributed by atoms with van der Waals surface area (Å²) in [4.78, 5) is 16.3. The molecule has 0 bridgehead atoms. The largest absolute Gasteiger partial charge is 1.00 e. The van der Waals surface area contributed by atoms with Gasteiger partial charge in [0, 0.05) is 23.1 Å². The highest BCUT2D eigenvalue weighted by Gasteiger charge is 2.55. The molecule has 7 heteroatoms. The van der Waals surface area contributed by atoms with E-state index in [4.69, 9.17) is 20.2 Å². The van der Waals surface area contributed by atoms with Crippen molar-refractivity contribution in [2.24, 2.45) is 5.73 Å². The van der Waals surface area contributed by atoms with Gasteiger partial charge in [-0.2, -0.15) is 0 Å². The molecule has 0 heterocycles. The Bertz CT molecular complexity index is 426. The third-order valence-corrected chi connectivity index (χ3v) is 6.65. The zero-order valence-electron chi connectivity index (χ0n) is 22.9. The van der Waals surface area contributed by atoms with E-state index in [0.717, 1.165) is 12.8 Å². The molecule has 33 heavy (non-hydrogen) atoms. The Kier molecular flexibility index (Phi) is 22.0. The van der Waals surface area contributed by atoms with Crippen LogP contribution in [0, 0.1) is 0 Å². The fraction of sp³-hybridized carbons (Fsp3) is 1.00. The third-order valence-electron chi connectivity index (χ3n) is 6.48. The maximum Gasteiger partial charge on any atom is 0.247 e. The molecule has 0 aromatic heterocycles. The summed E-state index contributed by atoms with van der Waals surface area (Å²) in [5.41, 5.74) is 6.03. The van der Waals surface area contributed by atoms with Gasteiger partial charge < -0.3 is 12.4 Å². The van der Waals surface area contributed by atoms with Crippen molar-refractivity contribution in [2.75, 3.05) is 21.3 Å². The zero-order valence-corrected chi connectivity index (χ0v) is 24.6. The molecule has 0 spiro atoms. The zero-order chi connectivity index (χ0) is 24.3. The molecule has 0 saturated carbocycles. The summed E-state index contributed by atoms with van der Waals surface area (Å²) >= 11 is 0. The Morgan fingerprint density at radius 2 is 0.939 bits per heavy atom. The molecule has 2 N–H and O–H groups in total. The van der Waals surface area contributed by atoms with E-state index in [0.29, 0.717) is 6.42 Å². The smallest absolute Gasteiger partial charge is 0.247 e. The maximum absolute atomic E-state index is 6.82. The molecule has 5 nitrogen and oxygen atoms in total. The highest BCUT2D eigenvalue weighted by molar-refractivity contribution is 6.14. The number of halogens is 1. The van der Waals surface area contributed by atoms with Crippen LogP contribution in [0.1, 0.15) is 136 Å². The summed E-state index contributed by atoms with van der Waals surface area (Å²) < 4.78 is 0. The lowest BCUT2D eigenvalue weighted by Gasteiger charge is -2.42. The van der Waals surface area contributed by atoms with E-state index in [9.17, 15) is 0 Å². The lowest BCUT2D eigenvalue weighted by atomic mass is 9.91. The fourth-order valence-electron chi connectivity index (χ4n) is 4.84. The van der Waals surface area contributed by atoms with Crippen LogP contribution in [0.2, 0.25) is 5.04 Å². The van der Waals surface area contributed by atoms with Crippen LogP contribution in [-0.4, -0.2) is 42.2 Å². The van der Waals surface area contributed by atoms with Gasteiger partial charge in [0.25, 0.3) is 0 Å². The molecule has 199 valence electrons. The summed E-state index contributed by atoms with van der Waals surface area (Å²) in [6, 6.07) is 0. The molecule has 0 aromatic carbocycles. The van der Waals surface area contributed by atoms with E-state index in [1.807, 2.05) is 0 Å². The Morgan fingerprint density at radius 3 is 1.21 bits per heavy atom. The number of rotatable bonds is 23. The van der Waals surface area contributed by atoms with Gasteiger partial charge in [0.1, 0.15) is 26.3 Å². The van der Waals surface area contributed by atoms with Crippen molar-refractivity contribution in [3.05, 3.63) is 0 Å². The van der Waals surface area contributed by atoms with Crippen molar-refractivity contribution in [1.82, 2.24) is 0 Å². The van der Waals surface area contributed by atoms with E-state index >= 15 is 0 Å². The lowest BCUT2D eigenvalue weighted by molar-refractivity contribution is -1.39. The minimum absolute atomic E-state index is 0. The van der Waals surface area contributed by atoms with Crippen molar-refractivity contribution in [2.45, 2.75) is 147 Å². The normalized spacial score (nSPS) is 14.2. The predicted octanol–water partition coefficient (Wildman–Crippen LogP) is 4.56. The second-order valence-electron chi connectivity index (χ2n) is 10.3. The average molecular weight is 508 g/mol. The van der Waals surface area contributed by atoms with Crippen LogP contribution in [0.3, 0.4) is 0 Å². The molecule has 0 amide bonds. The number of quaternary nitrogens is 1. The first-order valence-electron chi connectivity index (χ1n) is 13.3. The maximum atomic E-state index is 6.82. The van der Waals surface area contributed by atoms with Gasteiger partial charge in [-0.15, -0.1) is 14.5 Å². The summed E-state index contributed by atoms with van der Waals surface area (Å²) in [6.07, 6.45) is 23.1. The molecule has 0 aliphatic carbocycles. The van der Waals surface area contributed by atoms with E-state index < -0.39 is 10.6 Å². The Labute approximate surface area is 216 Å². The molecule has 0 aliphatic rings. The number of nitrogens with zero attached hydrogens (tertiary/aromatic N) is 1. The summed E-state index contributed by atoms with van der Waals surface area (Å²) in [5.74, 6) is 0. The quantitative estimate of drug-likeness (QED) is 0.0724. The van der Waals surface area contributed by atoms with Gasteiger partial charge in [-0.25, -0.2) is 0 Å². The SMILES string of the molecule is CCCCCCCCCCCCCCCCCCC(N)(CC(C)(C)[Si])[N+](OC)(OC)OC.[Cl-]. The van der Waals surface area contributed by atoms with Crippen molar-refractivity contribution >= 4 is 10.2 Å². The van der Waals surface area contributed by atoms with Crippen molar-refractivity contribution < 1.29 is 31.9 Å². The van der Waals surface area contributed by atoms with E-state index in [-0.39, 0.29) is 17.4 Å². The summed E-state index contributed by atoms with van der Waals surface area (Å²) in [7, 11) is 8.50. The Balaban J connectivity index is 0. The fourth-order valence-corrected chi connectivity index (χ4v) is 5.14. The molecular weight excluding hydrogens is 452 g/mol. The molecular formula is C26H56ClN2O3Si. The van der Waals surface area contributed by atoms with Gasteiger partial charge in [-0.1, -0.05) is 117 Å². The second kappa shape index (κ2) is 20.5. The van der Waals surface area contributed by atoms with Gasteiger partial charge in [0.15, 0.2) is 0 Å². The topological polar surface area (TPSA) is 53.7 Å². The number of nitrogens with two attached hydrogens (primary N) is 1. The minimum atomic E-state index is -0.792. The Hall–Kier alpha value is 0.307. The summed E-state index contributed by atoms with van der Waals surface area (Å²) in [6.45, 7) is 6.50. The number of hydrogen-bond acceptors (Lipinski definition) is 4. The van der Waals surface area contributed by atoms with Crippen LogP contribution >= 0.6 is 0 Å². The van der Waals surface area contributed by atoms with Crippen molar-refractivity contribution in [3.63, 3.8) is 0 Å². The van der Waals surface area contributed by atoms with E-state index in [2.05, 4.69) is 31.0 Å². The van der Waals surface area contributed by atoms with Gasteiger partial charge in [0.2, 0.25) is 5.66 Å². The monoisotopic (exact) mass is 507 g/mol. The van der Waals surface area contributed by atoms with Gasteiger partial charge in [-0.05, 0) is 11.5 Å². The van der Waals surface area contributed by atoms with Crippen LogP contribution in [-0.2, 0) is 14.5 Å². The third kappa shape index (κ3) is 15.8. The molecule has 0 aromatic rings. The molecule has 0 fully saturated rings. The van der Waals surface area contributed by atoms with Gasteiger partial charge in [0.05, 0.1) is 0 Å². The first kappa shape index (κ1) is 35.5. The first-order valence-corrected chi connectivity index (χ1v) is 13.8. The molecule has 0 saturated heterocycles. The van der Waals surface area contributed by atoms with Gasteiger partial charge >= 0.3 is 0 Å². The van der Waals surface area contributed by atoms with Crippen LogP contribution in [0.25, 0.3) is 0 Å². The molecule has 1 unspecified atom stereocenters. The average Bonchev–Trinajstić information content (AvgIpc) is 2.73. The summed E-state index contributed by atoms with van der Waals surface area (Å²) in [5, 5.41) is -0.150. The van der Waals surface area contributed by atoms with Crippen LogP contribution in [0.5, 0.6) is 0 Å². The molecule has 3 radical (unpaired) electrons.